The smallest absolute Gasteiger partial charge is 0.338 e. The third-order valence-corrected chi connectivity index (χ3v) is 4.22. The van der Waals surface area contributed by atoms with Crippen LogP contribution in [-0.4, -0.2) is 22.7 Å². The normalized spacial score (nSPS) is 10.6. The number of rotatable bonds is 8. The van der Waals surface area contributed by atoms with Gasteiger partial charge in [0.25, 0.3) is 0 Å². The van der Waals surface area contributed by atoms with Crippen molar-refractivity contribution >= 4 is 5.97 Å². The van der Waals surface area contributed by atoms with Crippen molar-refractivity contribution < 1.29 is 18.8 Å². The molecule has 3 rings (SSSR count). The van der Waals surface area contributed by atoms with Crippen LogP contribution in [0.4, 0.5) is 0 Å². The number of hydrogen-bond acceptors (Lipinski definition) is 6. The van der Waals surface area contributed by atoms with Gasteiger partial charge in [0.2, 0.25) is 0 Å². The molecule has 6 nitrogen and oxygen atoms in total. The number of nitrogens with zero attached hydrogens (tertiary/aromatic N) is 2. The van der Waals surface area contributed by atoms with Crippen molar-refractivity contribution in [1.29, 1.82) is 0 Å². The molecule has 0 unspecified atom stereocenters. The van der Waals surface area contributed by atoms with Crippen LogP contribution in [0.5, 0.6) is 5.75 Å². The maximum atomic E-state index is 12.1. The zero-order chi connectivity index (χ0) is 19.1. The lowest BCUT2D eigenvalue weighted by atomic mass is 10.2. The van der Waals surface area contributed by atoms with Gasteiger partial charge in [-0.2, -0.15) is 0 Å². The van der Waals surface area contributed by atoms with Crippen LogP contribution < -0.4 is 4.74 Å². The van der Waals surface area contributed by atoms with E-state index in [2.05, 4.69) is 10.1 Å². The Labute approximate surface area is 158 Å². The maximum absolute atomic E-state index is 12.1. The number of esters is 1. The van der Waals surface area contributed by atoms with E-state index in [1.807, 2.05) is 32.2 Å². The number of pyridine rings is 1. The summed E-state index contributed by atoms with van der Waals surface area (Å²) in [6.07, 6.45) is 5.15. The van der Waals surface area contributed by atoms with E-state index >= 15 is 0 Å². The standard InChI is InChI=1S/C21H22N2O4/c1-15-20(16(2)27-23-15)14-26-19-9-7-18(8-10-19)21(24)25-12-4-6-17-5-3-11-22-13-17/h3,5,7-11,13H,4,6,12,14H2,1-2H3. The van der Waals surface area contributed by atoms with E-state index in [0.717, 1.165) is 35.4 Å². The summed E-state index contributed by atoms with van der Waals surface area (Å²) < 4.78 is 16.2. The first-order valence-corrected chi connectivity index (χ1v) is 8.84. The van der Waals surface area contributed by atoms with Crippen molar-refractivity contribution in [3.05, 3.63) is 76.9 Å². The Morgan fingerprint density at radius 1 is 1.15 bits per heavy atom. The molecule has 0 amide bonds. The average molecular weight is 366 g/mol. The summed E-state index contributed by atoms with van der Waals surface area (Å²) in [6.45, 7) is 4.48. The zero-order valence-electron chi connectivity index (χ0n) is 15.5. The fourth-order valence-corrected chi connectivity index (χ4v) is 2.62. The summed E-state index contributed by atoms with van der Waals surface area (Å²) in [5, 5.41) is 3.90. The molecule has 0 fully saturated rings. The number of aryl methyl sites for hydroxylation is 3. The first-order valence-electron chi connectivity index (χ1n) is 8.84. The van der Waals surface area contributed by atoms with Crippen LogP contribution in [0.2, 0.25) is 0 Å². The first-order chi connectivity index (χ1) is 13.1. The van der Waals surface area contributed by atoms with Gasteiger partial charge in [-0.15, -0.1) is 0 Å². The van der Waals surface area contributed by atoms with Crippen LogP contribution in [0.25, 0.3) is 0 Å². The quantitative estimate of drug-likeness (QED) is 0.442. The largest absolute Gasteiger partial charge is 0.489 e. The molecule has 0 aliphatic heterocycles. The van der Waals surface area contributed by atoms with Gasteiger partial charge in [0, 0.05) is 12.4 Å². The molecular weight excluding hydrogens is 344 g/mol. The zero-order valence-corrected chi connectivity index (χ0v) is 15.5. The van der Waals surface area contributed by atoms with Gasteiger partial charge in [-0.1, -0.05) is 11.2 Å². The maximum Gasteiger partial charge on any atom is 0.338 e. The highest BCUT2D eigenvalue weighted by molar-refractivity contribution is 5.89. The number of carbonyl (C=O) groups is 1. The number of hydrogen-bond donors (Lipinski definition) is 0. The van der Waals surface area contributed by atoms with Gasteiger partial charge in [-0.05, 0) is 62.6 Å². The molecule has 27 heavy (non-hydrogen) atoms. The fourth-order valence-electron chi connectivity index (χ4n) is 2.62. The van der Waals surface area contributed by atoms with E-state index in [1.165, 1.54) is 0 Å². The fraction of sp³-hybridized carbons (Fsp3) is 0.286. The summed E-state index contributed by atoms with van der Waals surface area (Å²) in [5.74, 6) is 1.08. The molecule has 0 spiro atoms. The molecule has 140 valence electrons. The predicted octanol–water partition coefficient (Wildman–Crippen LogP) is 4.06. The van der Waals surface area contributed by atoms with Gasteiger partial charge in [0.15, 0.2) is 0 Å². The Bertz CT molecular complexity index is 853. The van der Waals surface area contributed by atoms with Gasteiger partial charge >= 0.3 is 5.97 Å². The van der Waals surface area contributed by atoms with Crippen molar-refractivity contribution in [3.8, 4) is 5.75 Å². The van der Waals surface area contributed by atoms with Crippen LogP contribution >= 0.6 is 0 Å². The van der Waals surface area contributed by atoms with Crippen LogP contribution in [0.3, 0.4) is 0 Å². The van der Waals surface area contributed by atoms with Crippen LogP contribution in [0.1, 0.15) is 39.4 Å². The lowest BCUT2D eigenvalue weighted by Crippen LogP contribution is -2.07. The number of benzene rings is 1. The van der Waals surface area contributed by atoms with Crippen molar-refractivity contribution in [2.24, 2.45) is 0 Å². The SMILES string of the molecule is Cc1noc(C)c1COc1ccc(C(=O)OCCCc2cccnc2)cc1. The molecule has 0 aliphatic rings. The summed E-state index contributed by atoms with van der Waals surface area (Å²) >= 11 is 0. The summed E-state index contributed by atoms with van der Waals surface area (Å²) in [6, 6.07) is 10.8. The van der Waals surface area contributed by atoms with E-state index in [1.54, 1.807) is 30.5 Å². The average Bonchev–Trinajstić information content (AvgIpc) is 3.02. The lowest BCUT2D eigenvalue weighted by molar-refractivity contribution is 0.0500. The number of aromatic nitrogens is 2. The molecule has 0 bridgehead atoms. The number of carbonyl (C=O) groups excluding carboxylic acids is 1. The Hall–Kier alpha value is -3.15. The van der Waals surface area contributed by atoms with E-state index in [4.69, 9.17) is 14.0 Å². The van der Waals surface area contributed by atoms with Crippen molar-refractivity contribution in [2.75, 3.05) is 6.61 Å². The molecule has 0 radical (unpaired) electrons. The monoisotopic (exact) mass is 366 g/mol. The Morgan fingerprint density at radius 2 is 1.96 bits per heavy atom. The second kappa shape index (κ2) is 8.98. The second-order valence-corrected chi connectivity index (χ2v) is 6.22. The van der Waals surface area contributed by atoms with Gasteiger partial charge in [-0.25, -0.2) is 4.79 Å². The first kappa shape index (κ1) is 18.6. The minimum atomic E-state index is -0.335. The molecule has 0 aliphatic carbocycles. The van der Waals surface area contributed by atoms with Gasteiger partial charge < -0.3 is 14.0 Å². The molecule has 2 heterocycles. The molecule has 6 heteroatoms. The van der Waals surface area contributed by atoms with Crippen LogP contribution in [-0.2, 0) is 17.8 Å². The Balaban J connectivity index is 1.44. The topological polar surface area (TPSA) is 74.5 Å². The van der Waals surface area contributed by atoms with Crippen molar-refractivity contribution in [3.63, 3.8) is 0 Å². The molecular formula is C21H22N2O4. The number of ether oxygens (including phenoxy) is 2. The van der Waals surface area contributed by atoms with E-state index in [-0.39, 0.29) is 5.97 Å². The van der Waals surface area contributed by atoms with Gasteiger partial charge in [0.1, 0.15) is 18.1 Å². The Morgan fingerprint density at radius 3 is 2.63 bits per heavy atom. The van der Waals surface area contributed by atoms with E-state index in [9.17, 15) is 4.79 Å². The van der Waals surface area contributed by atoms with Crippen LogP contribution in [0, 0.1) is 13.8 Å². The third-order valence-electron chi connectivity index (χ3n) is 4.22. The highest BCUT2D eigenvalue weighted by Gasteiger charge is 2.11. The summed E-state index contributed by atoms with van der Waals surface area (Å²) in [4.78, 5) is 16.2. The van der Waals surface area contributed by atoms with Crippen molar-refractivity contribution in [2.45, 2.75) is 33.3 Å². The van der Waals surface area contributed by atoms with Crippen LogP contribution in [0.15, 0.2) is 53.3 Å². The molecule has 0 N–H and O–H groups in total. The second-order valence-electron chi connectivity index (χ2n) is 6.22. The van der Waals surface area contributed by atoms with Gasteiger partial charge in [-0.3, -0.25) is 4.98 Å². The van der Waals surface area contributed by atoms with E-state index < -0.39 is 0 Å². The predicted molar refractivity (Wildman–Crippen MR) is 99.6 cm³/mol. The molecule has 0 saturated heterocycles. The lowest BCUT2D eigenvalue weighted by Gasteiger charge is -2.08. The molecule has 3 aromatic rings. The van der Waals surface area contributed by atoms with E-state index in [0.29, 0.717) is 24.5 Å². The van der Waals surface area contributed by atoms with Gasteiger partial charge in [0.05, 0.1) is 23.4 Å². The molecule has 1 aromatic carbocycles. The Kier molecular flexibility index (Phi) is 6.20. The summed E-state index contributed by atoms with van der Waals surface area (Å²) in [7, 11) is 0. The molecule has 2 aromatic heterocycles. The third kappa shape index (κ3) is 5.17. The highest BCUT2D eigenvalue weighted by Crippen LogP contribution is 2.18. The minimum Gasteiger partial charge on any atom is -0.489 e. The van der Waals surface area contributed by atoms with Crippen molar-refractivity contribution in [1.82, 2.24) is 10.1 Å². The highest BCUT2D eigenvalue weighted by atomic mass is 16.5. The molecule has 0 atom stereocenters. The summed E-state index contributed by atoms with van der Waals surface area (Å²) in [5.41, 5.74) is 3.39. The minimum absolute atomic E-state index is 0.335. The molecule has 0 saturated carbocycles.